The van der Waals surface area contributed by atoms with E-state index in [9.17, 15) is 31.1 Å². The fourth-order valence-corrected chi connectivity index (χ4v) is 0.937. The van der Waals surface area contributed by atoms with Crippen LogP contribution in [0.15, 0.2) is 5.83 Å². The molecule has 0 spiro atoms. The summed E-state index contributed by atoms with van der Waals surface area (Å²) in [6.45, 7) is 0. The van der Waals surface area contributed by atoms with E-state index in [1.165, 1.54) is 0 Å². The molecule has 0 aromatic heterocycles. The lowest BCUT2D eigenvalue weighted by Crippen LogP contribution is -2.05. The van der Waals surface area contributed by atoms with Crippen LogP contribution >= 0.6 is 0 Å². The van der Waals surface area contributed by atoms with Crippen LogP contribution in [0, 0.1) is 29.1 Å². The summed E-state index contributed by atoms with van der Waals surface area (Å²) in [6.07, 6.45) is -0.293. The van der Waals surface area contributed by atoms with Gasteiger partial charge in [-0.15, -0.1) is 0 Å². The summed E-state index contributed by atoms with van der Waals surface area (Å²) in [5, 5.41) is 8.07. The summed E-state index contributed by atoms with van der Waals surface area (Å²) >= 11 is 0. The molecule has 0 amide bonds. The third kappa shape index (κ3) is 2.24. The van der Waals surface area contributed by atoms with Crippen molar-refractivity contribution < 1.29 is 36.2 Å². The average Bonchev–Trinajstić information content (AvgIpc) is 2.29. The van der Waals surface area contributed by atoms with Crippen LogP contribution in [0.1, 0.15) is 5.56 Å². The molecule has 0 heterocycles. The van der Waals surface area contributed by atoms with Crippen LogP contribution in [0.4, 0.5) is 26.3 Å². The van der Waals surface area contributed by atoms with Gasteiger partial charge in [-0.05, 0) is 6.08 Å². The van der Waals surface area contributed by atoms with Gasteiger partial charge in [-0.25, -0.2) is 26.7 Å². The molecule has 0 aliphatic carbocycles. The quantitative estimate of drug-likeness (QED) is 0.382. The van der Waals surface area contributed by atoms with Crippen LogP contribution in [0.2, 0.25) is 0 Å². The second-order valence-electron chi connectivity index (χ2n) is 2.78. The highest BCUT2D eigenvalue weighted by Crippen LogP contribution is 2.25. The van der Waals surface area contributed by atoms with Crippen LogP contribution in [-0.2, 0) is 4.79 Å². The molecule has 0 aliphatic rings. The summed E-state index contributed by atoms with van der Waals surface area (Å²) in [4.78, 5) is 10.0. The SMILES string of the molecule is O=C(O)C(F)=Cc1c(F)c(F)c(F)c(F)c1F. The molecule has 0 saturated heterocycles. The van der Waals surface area contributed by atoms with Gasteiger partial charge in [0.05, 0.1) is 5.56 Å². The predicted molar refractivity (Wildman–Crippen MR) is 43.0 cm³/mol. The number of hydrogen-bond donors (Lipinski definition) is 1. The number of carboxylic acids is 1. The minimum atomic E-state index is -2.41. The van der Waals surface area contributed by atoms with Gasteiger partial charge >= 0.3 is 5.97 Å². The summed E-state index contributed by atoms with van der Waals surface area (Å²) in [5.74, 6) is -15.9. The van der Waals surface area contributed by atoms with Gasteiger partial charge in [-0.1, -0.05) is 0 Å². The smallest absolute Gasteiger partial charge is 0.364 e. The molecule has 92 valence electrons. The van der Waals surface area contributed by atoms with Gasteiger partial charge in [0.1, 0.15) is 0 Å². The standard InChI is InChI=1S/C9H2F6O2/c10-3(9(16)17)1-2-4(11)6(13)8(15)7(14)5(2)12/h1H,(H,16,17). The van der Waals surface area contributed by atoms with Gasteiger partial charge in [0, 0.05) is 0 Å². The number of carboxylic acid groups (broad SMARTS) is 1. The van der Waals surface area contributed by atoms with Gasteiger partial charge in [0.25, 0.3) is 0 Å². The first-order chi connectivity index (χ1) is 7.77. The van der Waals surface area contributed by atoms with Crippen LogP contribution in [0.25, 0.3) is 6.08 Å². The summed E-state index contributed by atoms with van der Waals surface area (Å²) in [5.41, 5.74) is -1.65. The molecule has 0 radical (unpaired) electrons. The Kier molecular flexibility index (Phi) is 3.45. The summed E-state index contributed by atoms with van der Waals surface area (Å²) < 4.78 is 76.1. The maximum atomic E-state index is 12.9. The lowest BCUT2D eigenvalue weighted by Gasteiger charge is -2.04. The third-order valence-electron chi connectivity index (χ3n) is 1.72. The lowest BCUT2D eigenvalue weighted by atomic mass is 10.1. The zero-order valence-electron chi connectivity index (χ0n) is 7.70. The Bertz CT molecular complexity index is 494. The number of halogens is 6. The second-order valence-corrected chi connectivity index (χ2v) is 2.78. The second kappa shape index (κ2) is 4.48. The molecule has 0 saturated carbocycles. The Labute approximate surface area is 89.8 Å². The van der Waals surface area contributed by atoms with Crippen molar-refractivity contribution in [1.82, 2.24) is 0 Å². The molecule has 0 atom stereocenters. The fourth-order valence-electron chi connectivity index (χ4n) is 0.937. The summed E-state index contributed by atoms with van der Waals surface area (Å²) in [7, 11) is 0. The molecule has 8 heteroatoms. The number of carbonyl (C=O) groups is 1. The van der Waals surface area contributed by atoms with Crippen LogP contribution in [0.5, 0.6) is 0 Å². The zero-order chi connectivity index (χ0) is 13.3. The molecule has 1 aromatic carbocycles. The van der Waals surface area contributed by atoms with E-state index in [2.05, 4.69) is 0 Å². The zero-order valence-corrected chi connectivity index (χ0v) is 7.70. The van der Waals surface area contributed by atoms with Crippen molar-refractivity contribution in [1.29, 1.82) is 0 Å². The molecule has 0 unspecified atom stereocenters. The summed E-state index contributed by atoms with van der Waals surface area (Å²) in [6, 6.07) is 0. The molecule has 0 bridgehead atoms. The van der Waals surface area contributed by atoms with Gasteiger partial charge in [-0.3, -0.25) is 0 Å². The van der Waals surface area contributed by atoms with Crippen molar-refractivity contribution in [2.24, 2.45) is 0 Å². The Morgan fingerprint density at radius 3 is 1.59 bits per heavy atom. The fraction of sp³-hybridized carbons (Fsp3) is 0. The number of benzene rings is 1. The van der Waals surface area contributed by atoms with Crippen LogP contribution < -0.4 is 0 Å². The first-order valence-electron chi connectivity index (χ1n) is 3.89. The molecular weight excluding hydrogens is 254 g/mol. The minimum absolute atomic E-state index is 0.293. The van der Waals surface area contributed by atoms with E-state index < -0.39 is 46.4 Å². The number of hydrogen-bond acceptors (Lipinski definition) is 1. The minimum Gasteiger partial charge on any atom is -0.476 e. The van der Waals surface area contributed by atoms with Crippen molar-refractivity contribution in [3.05, 3.63) is 40.5 Å². The van der Waals surface area contributed by atoms with Gasteiger partial charge in [0.15, 0.2) is 23.3 Å². The highest BCUT2D eigenvalue weighted by atomic mass is 19.2. The van der Waals surface area contributed by atoms with E-state index >= 15 is 0 Å². The predicted octanol–water partition coefficient (Wildman–Crippen LogP) is 2.78. The first-order valence-corrected chi connectivity index (χ1v) is 3.89. The molecule has 17 heavy (non-hydrogen) atoms. The topological polar surface area (TPSA) is 37.3 Å². The molecule has 1 rings (SSSR count). The monoisotopic (exact) mass is 256 g/mol. The van der Waals surface area contributed by atoms with Crippen molar-refractivity contribution in [3.8, 4) is 0 Å². The van der Waals surface area contributed by atoms with E-state index in [4.69, 9.17) is 5.11 Å². The lowest BCUT2D eigenvalue weighted by molar-refractivity contribution is -0.134. The van der Waals surface area contributed by atoms with E-state index in [0.29, 0.717) is 0 Å². The number of aliphatic carboxylic acids is 1. The van der Waals surface area contributed by atoms with Crippen LogP contribution in [-0.4, -0.2) is 11.1 Å². The van der Waals surface area contributed by atoms with Crippen molar-refractivity contribution >= 4 is 12.0 Å². The Morgan fingerprint density at radius 2 is 1.24 bits per heavy atom. The maximum Gasteiger partial charge on any atom is 0.364 e. The van der Waals surface area contributed by atoms with Gasteiger partial charge < -0.3 is 5.11 Å². The highest BCUT2D eigenvalue weighted by molar-refractivity contribution is 5.89. The third-order valence-corrected chi connectivity index (χ3v) is 1.72. The normalized spacial score (nSPS) is 11.8. The average molecular weight is 256 g/mol. The molecule has 1 aromatic rings. The first kappa shape index (κ1) is 13.1. The Morgan fingerprint density at radius 1 is 0.882 bits per heavy atom. The number of rotatable bonds is 2. The van der Waals surface area contributed by atoms with E-state index in [0.717, 1.165) is 0 Å². The molecule has 1 N–H and O–H groups in total. The Balaban J connectivity index is 3.56. The molecule has 0 fully saturated rings. The van der Waals surface area contributed by atoms with E-state index in [1.54, 1.807) is 0 Å². The Hall–Kier alpha value is -1.99. The largest absolute Gasteiger partial charge is 0.476 e. The molecule has 0 aliphatic heterocycles. The van der Waals surface area contributed by atoms with Gasteiger partial charge in [0.2, 0.25) is 11.6 Å². The molecular formula is C9H2F6O2. The van der Waals surface area contributed by atoms with Crippen molar-refractivity contribution in [3.63, 3.8) is 0 Å². The van der Waals surface area contributed by atoms with E-state index in [-0.39, 0.29) is 6.08 Å². The van der Waals surface area contributed by atoms with Crippen molar-refractivity contribution in [2.75, 3.05) is 0 Å². The maximum absolute atomic E-state index is 12.9. The van der Waals surface area contributed by atoms with Crippen LogP contribution in [0.3, 0.4) is 0 Å². The highest BCUT2D eigenvalue weighted by Gasteiger charge is 2.25. The van der Waals surface area contributed by atoms with Crippen molar-refractivity contribution in [2.45, 2.75) is 0 Å². The molecule has 2 nitrogen and oxygen atoms in total. The van der Waals surface area contributed by atoms with E-state index in [1.807, 2.05) is 0 Å². The van der Waals surface area contributed by atoms with Gasteiger partial charge in [-0.2, -0.15) is 4.39 Å².